The lowest BCUT2D eigenvalue weighted by Gasteiger charge is -2.29. The van der Waals surface area contributed by atoms with E-state index in [9.17, 15) is 0 Å². The third-order valence-electron chi connectivity index (χ3n) is 3.32. The minimum Gasteiger partial charge on any atom is -0.0654 e. The standard InChI is InChI=1S/C13H25/c1-3-8-12(9-4-2)13-10-6-5-7-11-13/h13H,3-11H2,1-2H3. The normalized spacial score (nSPS) is 19.6. The van der Waals surface area contributed by atoms with E-state index < -0.39 is 0 Å². The van der Waals surface area contributed by atoms with Gasteiger partial charge in [-0.25, -0.2) is 0 Å². The van der Waals surface area contributed by atoms with Gasteiger partial charge in [0.25, 0.3) is 0 Å². The minimum atomic E-state index is 1.01. The van der Waals surface area contributed by atoms with Gasteiger partial charge in [0.1, 0.15) is 0 Å². The van der Waals surface area contributed by atoms with Crippen LogP contribution in [0.4, 0.5) is 0 Å². The van der Waals surface area contributed by atoms with E-state index in [0.29, 0.717) is 0 Å². The first kappa shape index (κ1) is 11.1. The van der Waals surface area contributed by atoms with Crippen molar-refractivity contribution in [2.45, 2.75) is 71.6 Å². The maximum Gasteiger partial charge on any atom is -0.0210 e. The molecule has 0 saturated heterocycles. The maximum atomic E-state index is 2.32. The van der Waals surface area contributed by atoms with Crippen molar-refractivity contribution in [3.63, 3.8) is 0 Å². The Morgan fingerprint density at radius 2 is 1.46 bits per heavy atom. The first-order valence-electron chi connectivity index (χ1n) is 6.23. The Balaban J connectivity index is 2.32. The van der Waals surface area contributed by atoms with Gasteiger partial charge >= 0.3 is 0 Å². The molecule has 1 aliphatic carbocycles. The highest BCUT2D eigenvalue weighted by Gasteiger charge is 2.22. The SMILES string of the molecule is CCC[C](CCC)C1CCCCC1. The summed E-state index contributed by atoms with van der Waals surface area (Å²) in [5.41, 5.74) is 0. The fourth-order valence-corrected chi connectivity index (χ4v) is 2.69. The van der Waals surface area contributed by atoms with E-state index in [2.05, 4.69) is 13.8 Å². The quantitative estimate of drug-likeness (QED) is 0.574. The minimum absolute atomic E-state index is 1.01. The second-order valence-corrected chi connectivity index (χ2v) is 4.49. The lowest BCUT2D eigenvalue weighted by molar-refractivity contribution is 0.343. The van der Waals surface area contributed by atoms with Crippen LogP contribution < -0.4 is 0 Å². The molecule has 0 bridgehead atoms. The molecule has 0 amide bonds. The number of rotatable bonds is 5. The number of hydrogen-bond acceptors (Lipinski definition) is 0. The van der Waals surface area contributed by atoms with Crippen LogP contribution in [0.2, 0.25) is 0 Å². The molecule has 0 unspecified atom stereocenters. The molecule has 77 valence electrons. The summed E-state index contributed by atoms with van der Waals surface area (Å²) in [7, 11) is 0. The molecule has 1 radical (unpaired) electrons. The zero-order valence-electron chi connectivity index (χ0n) is 9.44. The smallest absolute Gasteiger partial charge is 0.0210 e. The molecule has 0 nitrogen and oxygen atoms in total. The monoisotopic (exact) mass is 181 g/mol. The van der Waals surface area contributed by atoms with Crippen molar-refractivity contribution in [1.82, 2.24) is 0 Å². The first-order chi connectivity index (χ1) is 6.38. The summed E-state index contributed by atoms with van der Waals surface area (Å²) in [5.74, 6) is 2.90. The van der Waals surface area contributed by atoms with E-state index in [-0.39, 0.29) is 0 Å². The van der Waals surface area contributed by atoms with Gasteiger partial charge < -0.3 is 0 Å². The summed E-state index contributed by atoms with van der Waals surface area (Å²) in [4.78, 5) is 0. The van der Waals surface area contributed by atoms with Crippen LogP contribution in [0.3, 0.4) is 0 Å². The summed E-state index contributed by atoms with van der Waals surface area (Å²) in [6.45, 7) is 4.64. The molecule has 13 heavy (non-hydrogen) atoms. The van der Waals surface area contributed by atoms with Crippen LogP contribution in [0.15, 0.2) is 0 Å². The van der Waals surface area contributed by atoms with Crippen molar-refractivity contribution in [3.05, 3.63) is 5.92 Å². The number of hydrogen-bond donors (Lipinski definition) is 0. The summed E-state index contributed by atoms with van der Waals surface area (Å²) >= 11 is 0. The van der Waals surface area contributed by atoms with Crippen molar-refractivity contribution < 1.29 is 0 Å². The summed E-state index contributed by atoms with van der Waals surface area (Å²) in [6.07, 6.45) is 13.0. The highest BCUT2D eigenvalue weighted by molar-refractivity contribution is 4.96. The van der Waals surface area contributed by atoms with Gasteiger partial charge in [-0.1, -0.05) is 46.0 Å². The highest BCUT2D eigenvalue weighted by atomic mass is 14.3. The van der Waals surface area contributed by atoms with Crippen molar-refractivity contribution in [2.75, 3.05) is 0 Å². The Bertz CT molecular complexity index is 105. The van der Waals surface area contributed by atoms with Gasteiger partial charge in [0.15, 0.2) is 0 Å². The highest BCUT2D eigenvalue weighted by Crippen LogP contribution is 2.36. The lowest BCUT2D eigenvalue weighted by atomic mass is 9.76. The molecule has 0 heterocycles. The zero-order valence-corrected chi connectivity index (χ0v) is 9.44. The Morgan fingerprint density at radius 3 is 1.92 bits per heavy atom. The van der Waals surface area contributed by atoms with Crippen molar-refractivity contribution >= 4 is 0 Å². The van der Waals surface area contributed by atoms with Gasteiger partial charge in [0, 0.05) is 0 Å². The second-order valence-electron chi connectivity index (χ2n) is 4.49. The molecule has 0 heteroatoms. The van der Waals surface area contributed by atoms with Crippen LogP contribution in [0.25, 0.3) is 0 Å². The molecule has 1 aliphatic rings. The van der Waals surface area contributed by atoms with Gasteiger partial charge in [0.2, 0.25) is 0 Å². The summed E-state index contributed by atoms with van der Waals surface area (Å²) < 4.78 is 0. The molecular weight excluding hydrogens is 156 g/mol. The van der Waals surface area contributed by atoms with Crippen molar-refractivity contribution in [3.8, 4) is 0 Å². The Hall–Kier alpha value is 0. The average Bonchev–Trinajstić information content (AvgIpc) is 2.19. The third kappa shape index (κ3) is 3.70. The van der Waals surface area contributed by atoms with Crippen molar-refractivity contribution in [2.24, 2.45) is 5.92 Å². The van der Waals surface area contributed by atoms with E-state index in [1.807, 2.05) is 5.92 Å². The molecule has 1 rings (SSSR count). The van der Waals surface area contributed by atoms with E-state index in [1.165, 1.54) is 57.8 Å². The van der Waals surface area contributed by atoms with E-state index in [4.69, 9.17) is 0 Å². The van der Waals surface area contributed by atoms with E-state index in [1.54, 1.807) is 0 Å². The van der Waals surface area contributed by atoms with Crippen LogP contribution in [0, 0.1) is 11.8 Å². The molecule has 0 spiro atoms. The van der Waals surface area contributed by atoms with Gasteiger partial charge in [0.05, 0.1) is 0 Å². The maximum absolute atomic E-state index is 2.32. The average molecular weight is 181 g/mol. The Kier molecular flexibility index (Phi) is 5.50. The molecule has 0 aliphatic heterocycles. The third-order valence-corrected chi connectivity index (χ3v) is 3.32. The molecule has 1 fully saturated rings. The molecule has 0 aromatic rings. The predicted molar refractivity (Wildman–Crippen MR) is 59.6 cm³/mol. The van der Waals surface area contributed by atoms with Crippen LogP contribution in [0.1, 0.15) is 71.6 Å². The van der Waals surface area contributed by atoms with Crippen LogP contribution >= 0.6 is 0 Å². The Labute approximate surface area is 84.1 Å². The Morgan fingerprint density at radius 1 is 0.923 bits per heavy atom. The summed E-state index contributed by atoms with van der Waals surface area (Å²) in [5, 5.41) is 0. The molecule has 0 aromatic heterocycles. The van der Waals surface area contributed by atoms with Gasteiger partial charge in [-0.15, -0.1) is 0 Å². The predicted octanol–water partition coefficient (Wildman–Crippen LogP) is 4.74. The van der Waals surface area contributed by atoms with Gasteiger partial charge in [-0.2, -0.15) is 0 Å². The van der Waals surface area contributed by atoms with Crippen LogP contribution in [0.5, 0.6) is 0 Å². The van der Waals surface area contributed by atoms with Gasteiger partial charge in [-0.05, 0) is 37.5 Å². The molecule has 0 atom stereocenters. The second kappa shape index (κ2) is 6.45. The molecular formula is C13H25. The molecule has 1 saturated carbocycles. The zero-order chi connectivity index (χ0) is 9.52. The van der Waals surface area contributed by atoms with Crippen molar-refractivity contribution in [1.29, 1.82) is 0 Å². The van der Waals surface area contributed by atoms with Crippen LogP contribution in [-0.4, -0.2) is 0 Å². The first-order valence-corrected chi connectivity index (χ1v) is 6.23. The molecule has 0 N–H and O–H groups in total. The fourth-order valence-electron chi connectivity index (χ4n) is 2.69. The molecule has 0 aromatic carbocycles. The van der Waals surface area contributed by atoms with Gasteiger partial charge in [-0.3, -0.25) is 0 Å². The lowest BCUT2D eigenvalue weighted by Crippen LogP contribution is -2.15. The van der Waals surface area contributed by atoms with E-state index in [0.717, 1.165) is 5.92 Å². The fraction of sp³-hybridized carbons (Fsp3) is 0.923. The van der Waals surface area contributed by atoms with E-state index >= 15 is 0 Å². The topological polar surface area (TPSA) is 0 Å². The largest absolute Gasteiger partial charge is 0.0654 e. The summed E-state index contributed by atoms with van der Waals surface area (Å²) in [6, 6.07) is 0. The van der Waals surface area contributed by atoms with Crippen LogP contribution in [-0.2, 0) is 0 Å².